The summed E-state index contributed by atoms with van der Waals surface area (Å²) >= 11 is 0. The quantitative estimate of drug-likeness (QED) is 0.545. The van der Waals surface area contributed by atoms with Gasteiger partial charge in [-0.05, 0) is 47.2 Å². The van der Waals surface area contributed by atoms with E-state index >= 15 is 0 Å². The zero-order valence-corrected chi connectivity index (χ0v) is 18.0. The van der Waals surface area contributed by atoms with E-state index < -0.39 is 6.09 Å². The van der Waals surface area contributed by atoms with Gasteiger partial charge in [-0.25, -0.2) is 4.79 Å². The van der Waals surface area contributed by atoms with Crippen molar-refractivity contribution in [1.82, 2.24) is 0 Å². The average Bonchev–Trinajstić information content (AvgIpc) is 2.84. The van der Waals surface area contributed by atoms with Gasteiger partial charge in [0, 0.05) is 36.3 Å². The Bertz CT molecular complexity index is 1080. The number of hydrogen-bond acceptors (Lipinski definition) is 3. The number of rotatable bonds is 4. The second-order valence-corrected chi connectivity index (χ2v) is 8.40. The van der Waals surface area contributed by atoms with Gasteiger partial charge in [0.25, 0.3) is 0 Å². The van der Waals surface area contributed by atoms with Crippen LogP contribution in [0, 0.1) is 12.3 Å². The maximum Gasteiger partial charge on any atom is 0.412 e. The fourth-order valence-corrected chi connectivity index (χ4v) is 5.19. The first-order chi connectivity index (χ1) is 15.7. The number of nitrogens with one attached hydrogen (secondary N) is 1. The first kappa shape index (κ1) is 20.2. The van der Waals surface area contributed by atoms with Crippen molar-refractivity contribution in [2.24, 2.45) is 0 Å². The summed E-state index contributed by atoms with van der Waals surface area (Å²) in [5.41, 5.74) is 7.24. The normalized spacial score (nSPS) is 18.9. The van der Waals surface area contributed by atoms with Gasteiger partial charge >= 0.3 is 6.09 Å². The summed E-state index contributed by atoms with van der Waals surface area (Å²) < 4.78 is 5.07. The van der Waals surface area contributed by atoms with Crippen LogP contribution in [0.15, 0.2) is 72.8 Å². The van der Waals surface area contributed by atoms with Crippen LogP contribution in [-0.4, -0.2) is 25.8 Å². The molecular formula is C28H26N2O2. The van der Waals surface area contributed by atoms with Gasteiger partial charge in [-0.3, -0.25) is 5.32 Å². The van der Waals surface area contributed by atoms with Crippen molar-refractivity contribution in [1.29, 1.82) is 0 Å². The maximum atomic E-state index is 12.3. The van der Waals surface area contributed by atoms with Crippen molar-refractivity contribution in [3.63, 3.8) is 0 Å². The van der Waals surface area contributed by atoms with Gasteiger partial charge < -0.3 is 9.64 Å². The fourth-order valence-electron chi connectivity index (χ4n) is 5.19. The third-order valence-electron chi connectivity index (χ3n) is 6.55. The van der Waals surface area contributed by atoms with Gasteiger partial charge in [0.15, 0.2) is 6.61 Å². The lowest BCUT2D eigenvalue weighted by atomic mass is 9.76. The number of ether oxygens (including phenoxy) is 1. The Kier molecular flexibility index (Phi) is 5.56. The van der Waals surface area contributed by atoms with E-state index in [1.54, 1.807) is 0 Å². The molecule has 0 bridgehead atoms. The van der Waals surface area contributed by atoms with E-state index in [0.717, 1.165) is 31.6 Å². The molecule has 0 fully saturated rings. The van der Waals surface area contributed by atoms with E-state index in [4.69, 9.17) is 11.2 Å². The van der Waals surface area contributed by atoms with Gasteiger partial charge in [-0.1, -0.05) is 66.6 Å². The standard InChI is InChI=1S/C28H26N2O2/c1-2-17-32-28(31)29-22-18-25-23(20-9-5-3-6-10-20)13-15-30-16-14-24(26(19-22)27(25)30)21-11-7-4-8-12-21/h1,3-12,18-19,23-24H,13-17H2,(H,29,31). The van der Waals surface area contributed by atoms with Crippen LogP contribution < -0.4 is 10.2 Å². The molecule has 32 heavy (non-hydrogen) atoms. The molecule has 2 heterocycles. The highest BCUT2D eigenvalue weighted by atomic mass is 16.5. The van der Waals surface area contributed by atoms with E-state index in [-0.39, 0.29) is 6.61 Å². The molecular weight excluding hydrogens is 396 g/mol. The van der Waals surface area contributed by atoms with Gasteiger partial charge in [0.2, 0.25) is 0 Å². The van der Waals surface area contributed by atoms with E-state index in [0.29, 0.717) is 11.8 Å². The Hall–Kier alpha value is -3.71. The molecule has 4 nitrogen and oxygen atoms in total. The first-order valence-corrected chi connectivity index (χ1v) is 11.1. The smallest absolute Gasteiger partial charge is 0.412 e. The number of carbonyl (C=O) groups excluding carboxylic acids is 1. The number of carbonyl (C=O) groups is 1. The van der Waals surface area contributed by atoms with E-state index in [1.807, 2.05) is 0 Å². The molecule has 2 atom stereocenters. The number of nitrogens with zero attached hydrogens (tertiary/aromatic N) is 1. The summed E-state index contributed by atoms with van der Waals surface area (Å²) in [5, 5.41) is 2.91. The molecule has 0 spiro atoms. The lowest BCUT2D eigenvalue weighted by molar-refractivity contribution is 0.176. The van der Waals surface area contributed by atoms with Gasteiger partial charge in [-0.2, -0.15) is 0 Å². The zero-order valence-electron chi connectivity index (χ0n) is 18.0. The summed E-state index contributed by atoms with van der Waals surface area (Å²) in [6.45, 7) is 2.03. The third kappa shape index (κ3) is 3.83. The summed E-state index contributed by atoms with van der Waals surface area (Å²) in [6, 6.07) is 25.5. The molecule has 4 heteroatoms. The van der Waals surface area contributed by atoms with Crippen LogP contribution in [0.4, 0.5) is 16.2 Å². The van der Waals surface area contributed by atoms with E-state index in [1.165, 1.54) is 27.9 Å². The molecule has 3 aromatic carbocycles. The minimum Gasteiger partial charge on any atom is -0.436 e. The average molecular weight is 423 g/mol. The Morgan fingerprint density at radius 3 is 1.97 bits per heavy atom. The lowest BCUT2D eigenvalue weighted by Gasteiger charge is -2.43. The number of benzene rings is 3. The topological polar surface area (TPSA) is 41.6 Å². The zero-order chi connectivity index (χ0) is 21.9. The van der Waals surface area contributed by atoms with Gasteiger partial charge in [-0.15, -0.1) is 6.42 Å². The largest absolute Gasteiger partial charge is 0.436 e. The lowest BCUT2D eigenvalue weighted by Crippen LogP contribution is -2.37. The molecule has 2 unspecified atom stereocenters. The van der Waals surface area contributed by atoms with Crippen LogP contribution in [0.3, 0.4) is 0 Å². The second-order valence-electron chi connectivity index (χ2n) is 8.40. The van der Waals surface area contributed by atoms with Crippen molar-refractivity contribution in [2.45, 2.75) is 24.7 Å². The van der Waals surface area contributed by atoms with Crippen molar-refractivity contribution in [3.8, 4) is 12.3 Å². The number of amides is 1. The molecule has 3 aromatic rings. The fraction of sp³-hybridized carbons (Fsp3) is 0.250. The molecule has 160 valence electrons. The predicted molar refractivity (Wildman–Crippen MR) is 128 cm³/mol. The van der Waals surface area contributed by atoms with Crippen molar-refractivity contribution < 1.29 is 9.53 Å². The summed E-state index contributed by atoms with van der Waals surface area (Å²) in [7, 11) is 0. The van der Waals surface area contributed by atoms with Crippen molar-refractivity contribution in [2.75, 3.05) is 29.9 Å². The molecule has 1 amide bonds. The van der Waals surface area contributed by atoms with E-state index in [9.17, 15) is 4.79 Å². The Labute approximate surface area is 189 Å². The molecule has 2 aliphatic rings. The van der Waals surface area contributed by atoms with Crippen LogP contribution in [0.2, 0.25) is 0 Å². The highest BCUT2D eigenvalue weighted by Crippen LogP contribution is 2.49. The Morgan fingerprint density at radius 2 is 1.47 bits per heavy atom. The number of anilines is 2. The minimum absolute atomic E-state index is 0.0450. The minimum atomic E-state index is -0.522. The number of hydrogen-bond donors (Lipinski definition) is 1. The monoisotopic (exact) mass is 422 g/mol. The molecule has 0 aromatic heterocycles. The second kappa shape index (κ2) is 8.80. The number of terminal acetylenes is 1. The third-order valence-corrected chi connectivity index (χ3v) is 6.55. The summed E-state index contributed by atoms with van der Waals surface area (Å²) in [4.78, 5) is 14.8. The van der Waals surface area contributed by atoms with Crippen LogP contribution >= 0.6 is 0 Å². The molecule has 0 saturated carbocycles. The molecule has 0 radical (unpaired) electrons. The van der Waals surface area contributed by atoms with Crippen LogP contribution in [-0.2, 0) is 4.74 Å². The van der Waals surface area contributed by atoms with Crippen molar-refractivity contribution in [3.05, 3.63) is 95.1 Å². The van der Waals surface area contributed by atoms with Gasteiger partial charge in [0.05, 0.1) is 0 Å². The molecule has 1 N–H and O–H groups in total. The predicted octanol–water partition coefficient (Wildman–Crippen LogP) is 5.75. The molecule has 5 rings (SSSR count). The first-order valence-electron chi connectivity index (χ1n) is 11.1. The van der Waals surface area contributed by atoms with Gasteiger partial charge in [0.1, 0.15) is 0 Å². The molecule has 0 aliphatic carbocycles. The maximum absolute atomic E-state index is 12.3. The highest BCUT2D eigenvalue weighted by Gasteiger charge is 2.35. The summed E-state index contributed by atoms with van der Waals surface area (Å²) in [5.74, 6) is 2.92. The SMILES string of the molecule is C#CCOC(=O)Nc1cc2c3c(c1)C(c1ccccc1)CCN3CCC2c1ccccc1. The Balaban J connectivity index is 1.63. The van der Waals surface area contributed by atoms with E-state index in [2.05, 4.69) is 88.9 Å². The van der Waals surface area contributed by atoms with Crippen LogP contribution in [0.25, 0.3) is 0 Å². The van der Waals surface area contributed by atoms with Crippen molar-refractivity contribution >= 4 is 17.5 Å². The highest BCUT2D eigenvalue weighted by molar-refractivity contribution is 5.86. The molecule has 2 aliphatic heterocycles. The Morgan fingerprint density at radius 1 is 0.938 bits per heavy atom. The van der Waals surface area contributed by atoms with Crippen LogP contribution in [0.5, 0.6) is 0 Å². The van der Waals surface area contributed by atoms with Crippen LogP contribution in [0.1, 0.15) is 46.9 Å². The summed E-state index contributed by atoms with van der Waals surface area (Å²) in [6.07, 6.45) is 6.82. The molecule has 0 saturated heterocycles.